The minimum Gasteiger partial charge on any atom is -0.369 e. The van der Waals surface area contributed by atoms with Gasteiger partial charge in [0.25, 0.3) is 0 Å². The summed E-state index contributed by atoms with van der Waals surface area (Å²) in [5, 5.41) is 8.52. The van der Waals surface area contributed by atoms with E-state index >= 15 is 0 Å². The number of nitrogens with two attached hydrogens (primary N) is 1. The largest absolute Gasteiger partial charge is 0.369 e. The monoisotopic (exact) mass is 216 g/mol. The van der Waals surface area contributed by atoms with Crippen molar-refractivity contribution in [3.63, 3.8) is 0 Å². The van der Waals surface area contributed by atoms with Crippen LogP contribution in [0.1, 0.15) is 13.3 Å². The van der Waals surface area contributed by atoms with Gasteiger partial charge in [-0.3, -0.25) is 0 Å². The predicted molar refractivity (Wildman–Crippen MR) is 65.2 cm³/mol. The molecule has 4 heteroatoms. The second-order valence-corrected chi connectivity index (χ2v) is 3.29. The van der Waals surface area contributed by atoms with Crippen LogP contribution < -0.4 is 5.73 Å². The quantitative estimate of drug-likeness (QED) is 0.617. The Balaban J connectivity index is 2.71. The zero-order valence-corrected chi connectivity index (χ0v) is 9.43. The van der Waals surface area contributed by atoms with E-state index in [1.807, 2.05) is 42.2 Å². The van der Waals surface area contributed by atoms with Crippen molar-refractivity contribution >= 4 is 11.6 Å². The molecule has 0 atom stereocenters. The minimum atomic E-state index is 0.457. The highest BCUT2D eigenvalue weighted by Gasteiger charge is 2.04. The van der Waals surface area contributed by atoms with Crippen molar-refractivity contribution in [1.82, 2.24) is 4.90 Å². The van der Waals surface area contributed by atoms with Gasteiger partial charge in [-0.25, -0.2) is 4.99 Å². The number of aliphatic imine (C=N–C) groups is 1. The molecule has 0 aliphatic heterocycles. The fourth-order valence-electron chi connectivity index (χ4n) is 1.33. The first kappa shape index (κ1) is 12.1. The molecule has 0 bridgehead atoms. The molecule has 16 heavy (non-hydrogen) atoms. The number of hydrogen-bond donors (Lipinski definition) is 1. The normalized spacial score (nSPS) is 10.9. The lowest BCUT2D eigenvalue weighted by Gasteiger charge is -2.20. The van der Waals surface area contributed by atoms with Gasteiger partial charge >= 0.3 is 0 Å². The number of guanidine groups is 1. The van der Waals surface area contributed by atoms with E-state index in [1.54, 1.807) is 0 Å². The maximum atomic E-state index is 8.52. The maximum absolute atomic E-state index is 8.52. The summed E-state index contributed by atoms with van der Waals surface area (Å²) in [6.45, 7) is 3.36. The highest BCUT2D eigenvalue weighted by Crippen LogP contribution is 2.10. The van der Waals surface area contributed by atoms with Gasteiger partial charge in [-0.1, -0.05) is 18.2 Å². The Morgan fingerprint density at radius 3 is 2.69 bits per heavy atom. The van der Waals surface area contributed by atoms with Crippen molar-refractivity contribution in [3.05, 3.63) is 30.3 Å². The van der Waals surface area contributed by atoms with Crippen LogP contribution in [0.5, 0.6) is 0 Å². The lowest BCUT2D eigenvalue weighted by Crippen LogP contribution is -2.37. The molecule has 2 N–H and O–H groups in total. The molecule has 0 saturated carbocycles. The molecule has 0 aliphatic rings. The van der Waals surface area contributed by atoms with Crippen LogP contribution in [0, 0.1) is 11.3 Å². The number of nitrogens with zero attached hydrogens (tertiary/aromatic N) is 3. The van der Waals surface area contributed by atoms with E-state index in [0.29, 0.717) is 18.9 Å². The Bertz CT molecular complexity index is 378. The maximum Gasteiger partial charge on any atom is 0.196 e. The van der Waals surface area contributed by atoms with Gasteiger partial charge in [0.05, 0.1) is 18.2 Å². The van der Waals surface area contributed by atoms with E-state index in [9.17, 15) is 0 Å². The van der Waals surface area contributed by atoms with E-state index in [-0.39, 0.29) is 0 Å². The van der Waals surface area contributed by atoms with Gasteiger partial charge < -0.3 is 10.6 Å². The van der Waals surface area contributed by atoms with Gasteiger partial charge in [-0.2, -0.15) is 5.26 Å². The van der Waals surface area contributed by atoms with Crippen LogP contribution in [0.2, 0.25) is 0 Å². The first-order chi connectivity index (χ1) is 7.77. The number of benzene rings is 1. The van der Waals surface area contributed by atoms with Crippen LogP contribution in [0.3, 0.4) is 0 Å². The molecule has 0 saturated heterocycles. The summed E-state index contributed by atoms with van der Waals surface area (Å²) >= 11 is 0. The highest BCUT2D eigenvalue weighted by molar-refractivity contribution is 5.81. The Morgan fingerprint density at radius 1 is 1.44 bits per heavy atom. The molecule has 0 fully saturated rings. The van der Waals surface area contributed by atoms with Gasteiger partial charge in [0, 0.05) is 13.1 Å². The predicted octanol–water partition coefficient (Wildman–Crippen LogP) is 1.87. The molecule has 0 spiro atoms. The molecule has 0 aliphatic carbocycles. The van der Waals surface area contributed by atoms with Crippen LogP contribution in [-0.4, -0.2) is 23.9 Å². The van der Waals surface area contributed by atoms with Crippen molar-refractivity contribution in [2.24, 2.45) is 10.7 Å². The van der Waals surface area contributed by atoms with Gasteiger partial charge in [-0.05, 0) is 19.1 Å². The molecule has 1 aromatic carbocycles. The van der Waals surface area contributed by atoms with Crippen LogP contribution >= 0.6 is 0 Å². The van der Waals surface area contributed by atoms with Crippen LogP contribution in [-0.2, 0) is 0 Å². The lowest BCUT2D eigenvalue weighted by atomic mass is 10.3. The first-order valence-corrected chi connectivity index (χ1v) is 5.29. The topological polar surface area (TPSA) is 65.4 Å². The van der Waals surface area contributed by atoms with Gasteiger partial charge in [0.2, 0.25) is 0 Å². The van der Waals surface area contributed by atoms with Gasteiger partial charge in [-0.15, -0.1) is 0 Å². The van der Waals surface area contributed by atoms with E-state index in [1.165, 1.54) is 0 Å². The summed E-state index contributed by atoms with van der Waals surface area (Å²) in [5.41, 5.74) is 6.70. The lowest BCUT2D eigenvalue weighted by molar-refractivity contribution is 0.446. The number of para-hydroxylation sites is 1. The van der Waals surface area contributed by atoms with Crippen LogP contribution in [0.15, 0.2) is 35.3 Å². The third kappa shape index (κ3) is 3.62. The summed E-state index contributed by atoms with van der Waals surface area (Å²) < 4.78 is 0. The number of hydrogen-bond acceptors (Lipinski definition) is 2. The van der Waals surface area contributed by atoms with Gasteiger partial charge in [0.15, 0.2) is 5.96 Å². The SMILES string of the molecule is CCN(CCC#N)C(N)=Nc1ccccc1. The minimum absolute atomic E-state index is 0.457. The molecule has 0 heterocycles. The van der Waals surface area contributed by atoms with Crippen molar-refractivity contribution in [1.29, 1.82) is 5.26 Å². The van der Waals surface area contributed by atoms with E-state index in [2.05, 4.69) is 11.1 Å². The molecule has 1 rings (SSSR count). The van der Waals surface area contributed by atoms with Crippen molar-refractivity contribution in [2.75, 3.05) is 13.1 Å². The molecule has 0 amide bonds. The summed E-state index contributed by atoms with van der Waals surface area (Å²) in [5.74, 6) is 0.462. The van der Waals surface area contributed by atoms with Crippen LogP contribution in [0.25, 0.3) is 0 Å². The standard InChI is InChI=1S/C12H16N4/c1-2-16(10-6-9-13)12(14)15-11-7-4-3-5-8-11/h3-5,7-8H,2,6,10H2,1H3,(H2,14,15). The molecule has 0 unspecified atom stereocenters. The molecule has 0 radical (unpaired) electrons. The summed E-state index contributed by atoms with van der Waals surface area (Å²) in [6, 6.07) is 11.6. The fourth-order valence-corrected chi connectivity index (χ4v) is 1.33. The Hall–Kier alpha value is -2.02. The fraction of sp³-hybridized carbons (Fsp3) is 0.333. The second-order valence-electron chi connectivity index (χ2n) is 3.29. The molecule has 1 aromatic rings. The van der Waals surface area contributed by atoms with Crippen molar-refractivity contribution in [3.8, 4) is 6.07 Å². The highest BCUT2D eigenvalue weighted by atomic mass is 15.2. The zero-order chi connectivity index (χ0) is 11.8. The van der Waals surface area contributed by atoms with Crippen LogP contribution in [0.4, 0.5) is 5.69 Å². The average Bonchev–Trinajstić information content (AvgIpc) is 2.31. The zero-order valence-electron chi connectivity index (χ0n) is 9.43. The molecule has 4 nitrogen and oxygen atoms in total. The number of rotatable bonds is 4. The third-order valence-corrected chi connectivity index (χ3v) is 2.20. The molecule has 0 aromatic heterocycles. The van der Waals surface area contributed by atoms with E-state index in [4.69, 9.17) is 11.0 Å². The Morgan fingerprint density at radius 2 is 2.12 bits per heavy atom. The summed E-state index contributed by atoms with van der Waals surface area (Å²) in [4.78, 5) is 6.18. The molecular formula is C12H16N4. The first-order valence-electron chi connectivity index (χ1n) is 5.29. The third-order valence-electron chi connectivity index (χ3n) is 2.20. The smallest absolute Gasteiger partial charge is 0.196 e. The number of nitriles is 1. The summed E-state index contributed by atoms with van der Waals surface area (Å²) in [6.07, 6.45) is 0.457. The average molecular weight is 216 g/mol. The summed E-state index contributed by atoms with van der Waals surface area (Å²) in [7, 11) is 0. The Labute approximate surface area is 96.0 Å². The van der Waals surface area contributed by atoms with E-state index in [0.717, 1.165) is 12.2 Å². The second kappa shape index (κ2) is 6.46. The Kier molecular flexibility index (Phi) is 4.87. The molecular weight excluding hydrogens is 200 g/mol. The van der Waals surface area contributed by atoms with E-state index < -0.39 is 0 Å². The van der Waals surface area contributed by atoms with Crippen molar-refractivity contribution < 1.29 is 0 Å². The van der Waals surface area contributed by atoms with Crippen molar-refractivity contribution in [2.45, 2.75) is 13.3 Å². The molecule has 84 valence electrons. The van der Waals surface area contributed by atoms with Gasteiger partial charge in [0.1, 0.15) is 0 Å².